The van der Waals surface area contributed by atoms with Gasteiger partial charge in [-0.1, -0.05) is 0 Å². The lowest BCUT2D eigenvalue weighted by Gasteiger charge is -2.10. The lowest BCUT2D eigenvalue weighted by atomic mass is 10.2. The minimum atomic E-state index is -0.391. The first-order valence-corrected chi connectivity index (χ1v) is 5.47. The van der Waals surface area contributed by atoms with Crippen LogP contribution >= 0.6 is 11.6 Å². The molecule has 2 rings (SSSR count). The van der Waals surface area contributed by atoms with E-state index in [2.05, 4.69) is 5.32 Å². The molecule has 1 aromatic carbocycles. The third-order valence-corrected chi connectivity index (χ3v) is 2.63. The number of carbonyl (C=O) groups is 1. The highest BCUT2D eigenvalue weighted by molar-refractivity contribution is 6.32. The first-order valence-electron chi connectivity index (χ1n) is 5.09. The van der Waals surface area contributed by atoms with Gasteiger partial charge in [-0.05, 0) is 35.9 Å². The summed E-state index contributed by atoms with van der Waals surface area (Å²) >= 11 is 5.72. The maximum Gasteiger partial charge on any atom is 0.260 e. The maximum atomic E-state index is 11.9. The SMILES string of the molecule is COc1ccc(N)cc1NC(=O)c1ccoc1Cl. The zero-order valence-corrected chi connectivity index (χ0v) is 10.3. The first kappa shape index (κ1) is 12.3. The second-order valence-electron chi connectivity index (χ2n) is 3.52. The van der Waals surface area contributed by atoms with Crippen molar-refractivity contribution in [1.29, 1.82) is 0 Å². The molecule has 0 saturated carbocycles. The molecule has 0 spiro atoms. The van der Waals surface area contributed by atoms with Crippen LogP contribution in [0.4, 0.5) is 11.4 Å². The molecule has 1 heterocycles. The molecule has 0 aliphatic carbocycles. The molecular formula is C12H11ClN2O3. The zero-order valence-electron chi connectivity index (χ0n) is 9.57. The number of benzene rings is 1. The Morgan fingerprint density at radius 2 is 2.22 bits per heavy atom. The van der Waals surface area contributed by atoms with E-state index in [1.54, 1.807) is 18.2 Å². The minimum absolute atomic E-state index is 0.0374. The van der Waals surface area contributed by atoms with E-state index in [0.29, 0.717) is 17.1 Å². The van der Waals surface area contributed by atoms with E-state index in [0.717, 1.165) is 0 Å². The second-order valence-corrected chi connectivity index (χ2v) is 3.87. The smallest absolute Gasteiger partial charge is 0.260 e. The Labute approximate surface area is 108 Å². The summed E-state index contributed by atoms with van der Waals surface area (Å²) in [4.78, 5) is 11.9. The summed E-state index contributed by atoms with van der Waals surface area (Å²) < 4.78 is 9.97. The molecule has 18 heavy (non-hydrogen) atoms. The molecule has 0 atom stereocenters. The predicted molar refractivity (Wildman–Crippen MR) is 69.1 cm³/mol. The van der Waals surface area contributed by atoms with Gasteiger partial charge >= 0.3 is 0 Å². The molecule has 0 fully saturated rings. The summed E-state index contributed by atoms with van der Waals surface area (Å²) in [6, 6.07) is 6.43. The van der Waals surface area contributed by atoms with Crippen molar-refractivity contribution in [3.63, 3.8) is 0 Å². The van der Waals surface area contributed by atoms with Crippen molar-refractivity contribution >= 4 is 28.9 Å². The monoisotopic (exact) mass is 266 g/mol. The number of hydrogen-bond donors (Lipinski definition) is 2. The Morgan fingerprint density at radius 3 is 2.83 bits per heavy atom. The molecule has 1 amide bonds. The lowest BCUT2D eigenvalue weighted by Crippen LogP contribution is -2.12. The van der Waals surface area contributed by atoms with Gasteiger partial charge in [0.2, 0.25) is 5.22 Å². The summed E-state index contributed by atoms with van der Waals surface area (Å²) in [6.45, 7) is 0. The van der Waals surface area contributed by atoms with Gasteiger partial charge in [-0.25, -0.2) is 0 Å². The highest BCUT2D eigenvalue weighted by Crippen LogP contribution is 2.27. The lowest BCUT2D eigenvalue weighted by molar-refractivity contribution is 0.102. The number of furan rings is 1. The van der Waals surface area contributed by atoms with E-state index < -0.39 is 5.91 Å². The number of nitrogens with one attached hydrogen (secondary N) is 1. The zero-order chi connectivity index (χ0) is 13.1. The average Bonchev–Trinajstić information content (AvgIpc) is 2.76. The normalized spacial score (nSPS) is 10.1. The number of ether oxygens (including phenoxy) is 1. The van der Waals surface area contributed by atoms with Crippen molar-refractivity contribution in [3.8, 4) is 5.75 Å². The molecule has 3 N–H and O–H groups in total. The summed E-state index contributed by atoms with van der Waals surface area (Å²) in [6.07, 6.45) is 1.34. The molecule has 0 aliphatic rings. The quantitative estimate of drug-likeness (QED) is 0.838. The Morgan fingerprint density at radius 1 is 1.44 bits per heavy atom. The van der Waals surface area contributed by atoms with Crippen LogP contribution in [0.5, 0.6) is 5.75 Å². The van der Waals surface area contributed by atoms with Crippen LogP contribution in [0.25, 0.3) is 0 Å². The second kappa shape index (κ2) is 5.01. The van der Waals surface area contributed by atoms with Gasteiger partial charge in [0, 0.05) is 5.69 Å². The van der Waals surface area contributed by atoms with Crippen LogP contribution in [0.1, 0.15) is 10.4 Å². The molecule has 1 aromatic heterocycles. The van der Waals surface area contributed by atoms with Gasteiger partial charge in [0.1, 0.15) is 5.75 Å². The Hall–Kier alpha value is -2.14. The van der Waals surface area contributed by atoms with Gasteiger partial charge in [-0.2, -0.15) is 0 Å². The summed E-state index contributed by atoms with van der Waals surface area (Å²) in [5.41, 5.74) is 6.90. The number of carbonyl (C=O) groups excluding carboxylic acids is 1. The molecule has 0 bridgehead atoms. The number of nitrogens with two attached hydrogens (primary N) is 1. The van der Waals surface area contributed by atoms with Crippen molar-refractivity contribution in [1.82, 2.24) is 0 Å². The van der Waals surface area contributed by atoms with Gasteiger partial charge in [-0.3, -0.25) is 4.79 Å². The Kier molecular flexibility index (Phi) is 3.43. The molecule has 0 radical (unpaired) electrons. The summed E-state index contributed by atoms with van der Waals surface area (Å²) in [5, 5.41) is 2.69. The van der Waals surface area contributed by atoms with E-state index in [4.69, 9.17) is 26.5 Å². The Balaban J connectivity index is 2.27. The van der Waals surface area contributed by atoms with Gasteiger partial charge in [0.05, 0.1) is 24.6 Å². The van der Waals surface area contributed by atoms with Crippen LogP contribution in [0, 0.1) is 0 Å². The highest BCUT2D eigenvalue weighted by atomic mass is 35.5. The predicted octanol–water partition coefficient (Wildman–Crippen LogP) is 2.78. The topological polar surface area (TPSA) is 77.5 Å². The van der Waals surface area contributed by atoms with Crippen LogP contribution in [0.2, 0.25) is 5.22 Å². The van der Waals surface area contributed by atoms with Gasteiger partial charge in [0.15, 0.2) is 0 Å². The molecular weight excluding hydrogens is 256 g/mol. The number of methoxy groups -OCH3 is 1. The van der Waals surface area contributed by atoms with Crippen molar-refractivity contribution in [2.45, 2.75) is 0 Å². The maximum absolute atomic E-state index is 11.9. The third kappa shape index (κ3) is 2.41. The highest BCUT2D eigenvalue weighted by Gasteiger charge is 2.15. The van der Waals surface area contributed by atoms with E-state index in [9.17, 15) is 4.79 Å². The molecule has 5 nitrogen and oxygen atoms in total. The average molecular weight is 267 g/mol. The fourth-order valence-corrected chi connectivity index (χ4v) is 1.67. The van der Waals surface area contributed by atoms with Crippen molar-refractivity contribution in [3.05, 3.63) is 41.3 Å². The number of rotatable bonds is 3. The van der Waals surface area contributed by atoms with Crippen LogP contribution < -0.4 is 15.8 Å². The van der Waals surface area contributed by atoms with Gasteiger partial charge < -0.3 is 20.2 Å². The number of anilines is 2. The van der Waals surface area contributed by atoms with Crippen LogP contribution in [0.3, 0.4) is 0 Å². The van der Waals surface area contributed by atoms with E-state index in [1.165, 1.54) is 19.4 Å². The number of hydrogen-bond acceptors (Lipinski definition) is 4. The standard InChI is InChI=1S/C12H11ClN2O3/c1-17-10-3-2-7(14)6-9(10)15-12(16)8-4-5-18-11(8)13/h2-6H,14H2,1H3,(H,15,16). The molecule has 94 valence electrons. The molecule has 0 saturated heterocycles. The molecule has 0 aliphatic heterocycles. The number of halogens is 1. The fourth-order valence-electron chi connectivity index (χ4n) is 1.47. The van der Waals surface area contributed by atoms with Crippen molar-refractivity contribution in [2.75, 3.05) is 18.2 Å². The molecule has 2 aromatic rings. The van der Waals surface area contributed by atoms with Crippen LogP contribution in [-0.2, 0) is 0 Å². The van der Waals surface area contributed by atoms with E-state index in [1.807, 2.05) is 0 Å². The molecule has 0 unspecified atom stereocenters. The third-order valence-electron chi connectivity index (χ3n) is 2.33. The number of nitrogen functional groups attached to an aromatic ring is 1. The van der Waals surface area contributed by atoms with Crippen LogP contribution in [0.15, 0.2) is 34.9 Å². The van der Waals surface area contributed by atoms with E-state index >= 15 is 0 Å². The fraction of sp³-hybridized carbons (Fsp3) is 0.0833. The van der Waals surface area contributed by atoms with Crippen molar-refractivity contribution < 1.29 is 13.9 Å². The largest absolute Gasteiger partial charge is 0.495 e. The minimum Gasteiger partial charge on any atom is -0.495 e. The van der Waals surface area contributed by atoms with Gasteiger partial charge in [-0.15, -0.1) is 0 Å². The van der Waals surface area contributed by atoms with Crippen LogP contribution in [-0.4, -0.2) is 13.0 Å². The Bertz CT molecular complexity index is 580. The molecule has 6 heteroatoms. The first-order chi connectivity index (χ1) is 8.61. The summed E-state index contributed by atoms with van der Waals surface area (Å²) in [5.74, 6) is 0.120. The van der Waals surface area contributed by atoms with Gasteiger partial charge in [0.25, 0.3) is 5.91 Å². The van der Waals surface area contributed by atoms with Crippen molar-refractivity contribution in [2.24, 2.45) is 0 Å². The summed E-state index contributed by atoms with van der Waals surface area (Å²) in [7, 11) is 1.51. The number of amides is 1. The van der Waals surface area contributed by atoms with E-state index in [-0.39, 0.29) is 10.8 Å².